The minimum atomic E-state index is -1.20. The SMILES string of the molecule is CCC(=O)N[C@H]1C[C@@H](n2cnc3c(NCC(c4ccccc4)c4ccccc4)nc(-n4cc(C(=O)O)cn4)nc32)[C@H](O)[C@@H]1O. The molecule has 0 spiro atoms. The second-order valence-corrected chi connectivity index (χ2v) is 10.7. The predicted octanol–water partition coefficient (Wildman–Crippen LogP) is 2.52. The number of benzene rings is 2. The Labute approximate surface area is 252 Å². The number of aromatic carboxylic acids is 1. The Morgan fingerprint density at radius 1 is 1.00 bits per heavy atom. The van der Waals surface area contributed by atoms with E-state index in [1.165, 1.54) is 23.4 Å². The molecule has 0 aliphatic heterocycles. The number of carbonyl (C=O) groups is 2. The van der Waals surface area contributed by atoms with Crippen LogP contribution in [-0.4, -0.2) is 81.3 Å². The maximum atomic E-state index is 12.1. The van der Waals surface area contributed by atoms with E-state index in [2.05, 4.69) is 54.9 Å². The molecular weight excluding hydrogens is 564 g/mol. The number of hydrogen-bond acceptors (Lipinski definition) is 9. The van der Waals surface area contributed by atoms with Gasteiger partial charge in [-0.1, -0.05) is 67.6 Å². The van der Waals surface area contributed by atoms with Crippen LogP contribution >= 0.6 is 0 Å². The molecule has 4 atom stereocenters. The van der Waals surface area contributed by atoms with Crippen molar-refractivity contribution in [3.05, 3.63) is 96.1 Å². The smallest absolute Gasteiger partial charge is 0.338 e. The van der Waals surface area contributed by atoms with Crippen molar-refractivity contribution in [1.82, 2.24) is 34.6 Å². The molecule has 1 saturated carbocycles. The van der Waals surface area contributed by atoms with Crippen LogP contribution in [0.25, 0.3) is 17.1 Å². The molecule has 2 aromatic carbocycles. The molecule has 1 amide bonds. The van der Waals surface area contributed by atoms with E-state index in [0.29, 0.717) is 23.5 Å². The van der Waals surface area contributed by atoms with Crippen LogP contribution in [0.4, 0.5) is 5.82 Å². The fourth-order valence-corrected chi connectivity index (χ4v) is 5.65. The number of aromatic nitrogens is 6. The average Bonchev–Trinajstić information content (AvgIpc) is 3.77. The third kappa shape index (κ3) is 5.62. The summed E-state index contributed by atoms with van der Waals surface area (Å²) < 4.78 is 2.92. The van der Waals surface area contributed by atoms with E-state index in [9.17, 15) is 24.9 Å². The molecule has 1 fully saturated rings. The summed E-state index contributed by atoms with van der Waals surface area (Å²) in [5.41, 5.74) is 2.93. The molecule has 0 unspecified atom stereocenters. The monoisotopic (exact) mass is 596 g/mol. The molecule has 5 aromatic rings. The lowest BCUT2D eigenvalue weighted by Gasteiger charge is -2.20. The molecule has 226 valence electrons. The number of carboxylic acids is 1. The average molecular weight is 597 g/mol. The minimum Gasteiger partial charge on any atom is -0.478 e. The van der Waals surface area contributed by atoms with E-state index in [4.69, 9.17) is 0 Å². The van der Waals surface area contributed by atoms with E-state index in [1.54, 1.807) is 11.5 Å². The van der Waals surface area contributed by atoms with Crippen LogP contribution in [0.5, 0.6) is 0 Å². The Kier molecular flexibility index (Phi) is 8.05. The molecule has 0 saturated heterocycles. The maximum Gasteiger partial charge on any atom is 0.338 e. The van der Waals surface area contributed by atoms with Crippen LogP contribution in [0.1, 0.15) is 53.2 Å². The highest BCUT2D eigenvalue weighted by molar-refractivity contribution is 5.87. The Balaban J connectivity index is 1.40. The highest BCUT2D eigenvalue weighted by atomic mass is 16.4. The van der Waals surface area contributed by atoms with Crippen molar-refractivity contribution in [1.29, 1.82) is 0 Å². The van der Waals surface area contributed by atoms with Gasteiger partial charge in [0, 0.05) is 25.1 Å². The standard InChI is InChI=1S/C31H32N8O5/c1-2-24(40)35-22-13-23(27(42)26(22)41)38-17-33-25-28(36-31(37-29(25)38)39-16-20(14-34-39)30(43)44)32-15-21(18-9-5-3-6-10-18)19-11-7-4-8-12-19/h3-12,14,16-17,21-23,26-27,41-42H,2,13,15H2,1H3,(H,35,40)(H,43,44)(H,32,36,37)/t22-,23+,26+,27-/m0/s1. The van der Waals surface area contributed by atoms with Crippen LogP contribution < -0.4 is 10.6 Å². The Morgan fingerprint density at radius 3 is 2.30 bits per heavy atom. The first-order valence-electron chi connectivity index (χ1n) is 14.4. The van der Waals surface area contributed by atoms with Crippen molar-refractivity contribution in [2.24, 2.45) is 0 Å². The maximum absolute atomic E-state index is 12.1. The summed E-state index contributed by atoms with van der Waals surface area (Å²) in [5.74, 6) is -0.928. The summed E-state index contributed by atoms with van der Waals surface area (Å²) in [7, 11) is 0. The van der Waals surface area contributed by atoms with Gasteiger partial charge in [-0.05, 0) is 17.5 Å². The van der Waals surface area contributed by atoms with Crippen molar-refractivity contribution >= 4 is 28.9 Å². The second-order valence-electron chi connectivity index (χ2n) is 10.7. The van der Waals surface area contributed by atoms with Crippen LogP contribution in [0.3, 0.4) is 0 Å². The quantitative estimate of drug-likeness (QED) is 0.161. The Bertz CT molecular complexity index is 1730. The second kappa shape index (κ2) is 12.2. The highest BCUT2D eigenvalue weighted by Crippen LogP contribution is 2.35. The van der Waals surface area contributed by atoms with Crippen LogP contribution in [0.2, 0.25) is 0 Å². The summed E-state index contributed by atoms with van der Waals surface area (Å²) in [4.78, 5) is 37.5. The molecule has 6 rings (SSSR count). The Morgan fingerprint density at radius 2 is 1.68 bits per heavy atom. The molecule has 1 aliphatic rings. The summed E-state index contributed by atoms with van der Waals surface area (Å²) in [6, 6.07) is 18.8. The van der Waals surface area contributed by atoms with Gasteiger partial charge in [0.25, 0.3) is 5.95 Å². The van der Waals surface area contributed by atoms with Crippen molar-refractivity contribution in [3.8, 4) is 5.95 Å². The Hall–Kier alpha value is -5.14. The normalized spacial score (nSPS) is 19.8. The number of carboxylic acid groups (broad SMARTS) is 1. The first kappa shape index (κ1) is 29.0. The topological polar surface area (TPSA) is 180 Å². The van der Waals surface area contributed by atoms with Gasteiger partial charge in [-0.25, -0.2) is 14.5 Å². The van der Waals surface area contributed by atoms with E-state index >= 15 is 0 Å². The first-order valence-corrected chi connectivity index (χ1v) is 14.4. The number of carbonyl (C=O) groups excluding carboxylic acids is 1. The fourth-order valence-electron chi connectivity index (χ4n) is 5.65. The predicted molar refractivity (Wildman–Crippen MR) is 161 cm³/mol. The zero-order chi connectivity index (χ0) is 30.8. The number of imidazole rings is 1. The third-order valence-corrected chi connectivity index (χ3v) is 8.00. The van der Waals surface area contributed by atoms with Gasteiger partial charge in [0.1, 0.15) is 12.2 Å². The number of aliphatic hydroxyl groups is 2. The molecule has 44 heavy (non-hydrogen) atoms. The zero-order valence-electron chi connectivity index (χ0n) is 23.9. The summed E-state index contributed by atoms with van der Waals surface area (Å²) >= 11 is 0. The zero-order valence-corrected chi connectivity index (χ0v) is 23.9. The van der Waals surface area contributed by atoms with E-state index in [-0.39, 0.29) is 36.2 Å². The van der Waals surface area contributed by atoms with E-state index in [1.807, 2.05) is 36.4 Å². The van der Waals surface area contributed by atoms with Gasteiger partial charge < -0.3 is 30.5 Å². The fraction of sp³-hybridized carbons (Fsp3) is 0.290. The highest BCUT2D eigenvalue weighted by Gasteiger charge is 2.43. The van der Waals surface area contributed by atoms with Crippen molar-refractivity contribution < 1.29 is 24.9 Å². The summed E-state index contributed by atoms with van der Waals surface area (Å²) in [6.45, 7) is 2.16. The van der Waals surface area contributed by atoms with Gasteiger partial charge in [-0.3, -0.25) is 4.79 Å². The molecule has 5 N–H and O–H groups in total. The number of nitrogens with one attached hydrogen (secondary N) is 2. The van der Waals surface area contributed by atoms with Gasteiger partial charge in [0.2, 0.25) is 5.91 Å². The number of fused-ring (bicyclic) bond motifs is 1. The first-order chi connectivity index (χ1) is 21.3. The lowest BCUT2D eigenvalue weighted by molar-refractivity contribution is -0.122. The van der Waals surface area contributed by atoms with Gasteiger partial charge >= 0.3 is 5.97 Å². The third-order valence-electron chi connectivity index (χ3n) is 8.00. The molecular formula is C31H32N8O5. The molecule has 0 bridgehead atoms. The van der Waals surface area contributed by atoms with E-state index < -0.39 is 30.3 Å². The molecule has 3 heterocycles. The van der Waals surface area contributed by atoms with Crippen molar-refractivity contribution in [2.75, 3.05) is 11.9 Å². The van der Waals surface area contributed by atoms with E-state index in [0.717, 1.165) is 11.1 Å². The molecule has 3 aromatic heterocycles. The number of amides is 1. The molecule has 13 nitrogen and oxygen atoms in total. The molecule has 13 heteroatoms. The van der Waals surface area contributed by atoms with Crippen LogP contribution in [0.15, 0.2) is 79.4 Å². The van der Waals surface area contributed by atoms with Gasteiger partial charge in [0.05, 0.1) is 30.2 Å². The number of aliphatic hydroxyl groups excluding tert-OH is 2. The van der Waals surface area contributed by atoms with Gasteiger partial charge in [0.15, 0.2) is 17.0 Å². The van der Waals surface area contributed by atoms with Gasteiger partial charge in [-0.2, -0.15) is 15.1 Å². The summed E-state index contributed by atoms with van der Waals surface area (Å²) in [5, 5.41) is 41.5. The van der Waals surface area contributed by atoms with Crippen LogP contribution in [-0.2, 0) is 4.79 Å². The number of nitrogens with zero attached hydrogens (tertiary/aromatic N) is 6. The lowest BCUT2D eigenvalue weighted by atomic mass is 9.91. The molecule has 0 radical (unpaired) electrons. The number of hydrogen-bond donors (Lipinski definition) is 5. The van der Waals surface area contributed by atoms with Gasteiger partial charge in [-0.15, -0.1) is 0 Å². The minimum absolute atomic E-state index is 0.0335. The van der Waals surface area contributed by atoms with Crippen molar-refractivity contribution in [3.63, 3.8) is 0 Å². The largest absolute Gasteiger partial charge is 0.478 e. The lowest BCUT2D eigenvalue weighted by Crippen LogP contribution is -2.42. The summed E-state index contributed by atoms with van der Waals surface area (Å²) in [6.07, 6.45) is 2.15. The number of rotatable bonds is 10. The number of anilines is 1. The molecule has 1 aliphatic carbocycles. The van der Waals surface area contributed by atoms with Crippen molar-refractivity contribution in [2.45, 2.75) is 50.0 Å². The van der Waals surface area contributed by atoms with Crippen LogP contribution in [0, 0.1) is 0 Å².